The second-order valence-electron chi connectivity index (χ2n) is 6.84. The summed E-state index contributed by atoms with van der Waals surface area (Å²) in [5, 5.41) is 9.57. The average Bonchev–Trinajstić information content (AvgIpc) is 2.52. The van der Waals surface area contributed by atoms with Crippen molar-refractivity contribution in [3.05, 3.63) is 58.1 Å². The molecule has 0 aromatic heterocycles. The normalized spacial score (nSPS) is 11.2. The topological polar surface area (TPSA) is 55.8 Å². The largest absolute Gasteiger partial charge is 0.489 e. The van der Waals surface area contributed by atoms with Crippen LogP contribution in [0, 0.1) is 6.92 Å². The molecule has 0 atom stereocenters. The highest BCUT2D eigenvalue weighted by molar-refractivity contribution is 6.31. The SMILES string of the molecule is Cc1cccc(C(C)(C)C)c1OCCOc1ccc(Cl)cc1C(=O)O. The molecule has 2 rings (SSSR count). The molecule has 2 aromatic rings. The third-order valence-corrected chi connectivity index (χ3v) is 4.01. The number of carboxylic acid groups (broad SMARTS) is 1. The lowest BCUT2D eigenvalue weighted by Crippen LogP contribution is -2.17. The zero-order chi connectivity index (χ0) is 18.6. The van der Waals surface area contributed by atoms with E-state index in [0.717, 1.165) is 16.9 Å². The molecule has 2 aromatic carbocycles. The number of rotatable bonds is 6. The Morgan fingerprint density at radius 3 is 2.44 bits per heavy atom. The first-order chi connectivity index (χ1) is 11.7. The van der Waals surface area contributed by atoms with Crippen LogP contribution in [0.5, 0.6) is 11.5 Å². The van der Waals surface area contributed by atoms with Crippen LogP contribution in [0.2, 0.25) is 5.02 Å². The van der Waals surface area contributed by atoms with Gasteiger partial charge < -0.3 is 14.6 Å². The molecule has 0 amide bonds. The van der Waals surface area contributed by atoms with E-state index in [1.807, 2.05) is 19.1 Å². The minimum absolute atomic E-state index is 0.0329. The first kappa shape index (κ1) is 19.1. The van der Waals surface area contributed by atoms with E-state index in [9.17, 15) is 9.90 Å². The van der Waals surface area contributed by atoms with E-state index < -0.39 is 5.97 Å². The maximum Gasteiger partial charge on any atom is 0.339 e. The van der Waals surface area contributed by atoms with Crippen molar-refractivity contribution in [3.63, 3.8) is 0 Å². The van der Waals surface area contributed by atoms with Crippen LogP contribution in [0.3, 0.4) is 0 Å². The fraction of sp³-hybridized carbons (Fsp3) is 0.350. The quantitative estimate of drug-likeness (QED) is 0.726. The molecule has 0 spiro atoms. The number of aromatic carboxylic acids is 1. The van der Waals surface area contributed by atoms with E-state index in [4.69, 9.17) is 21.1 Å². The maximum absolute atomic E-state index is 11.3. The second kappa shape index (κ2) is 7.79. The van der Waals surface area contributed by atoms with E-state index in [2.05, 4.69) is 26.8 Å². The Bertz CT molecular complexity index is 763. The third-order valence-electron chi connectivity index (χ3n) is 3.78. The van der Waals surface area contributed by atoms with Gasteiger partial charge >= 0.3 is 5.97 Å². The molecule has 0 bridgehead atoms. The molecule has 0 fully saturated rings. The van der Waals surface area contributed by atoms with Gasteiger partial charge in [-0.25, -0.2) is 4.79 Å². The summed E-state index contributed by atoms with van der Waals surface area (Å²) in [5.41, 5.74) is 2.20. The zero-order valence-corrected chi connectivity index (χ0v) is 15.7. The van der Waals surface area contributed by atoms with Crippen molar-refractivity contribution in [1.29, 1.82) is 0 Å². The summed E-state index contributed by atoms with van der Waals surface area (Å²) in [6.45, 7) is 8.97. The van der Waals surface area contributed by atoms with Crippen molar-refractivity contribution in [3.8, 4) is 11.5 Å². The summed E-state index contributed by atoms with van der Waals surface area (Å²) in [4.78, 5) is 11.3. The molecule has 0 unspecified atom stereocenters. The Morgan fingerprint density at radius 2 is 1.80 bits per heavy atom. The summed E-state index contributed by atoms with van der Waals surface area (Å²) in [6.07, 6.45) is 0. The average molecular weight is 363 g/mol. The van der Waals surface area contributed by atoms with Crippen molar-refractivity contribution in [2.45, 2.75) is 33.1 Å². The van der Waals surface area contributed by atoms with E-state index >= 15 is 0 Å². The lowest BCUT2D eigenvalue weighted by Gasteiger charge is -2.24. The van der Waals surface area contributed by atoms with Gasteiger partial charge in [0.05, 0.1) is 0 Å². The van der Waals surface area contributed by atoms with Crippen molar-refractivity contribution < 1.29 is 19.4 Å². The van der Waals surface area contributed by atoms with Crippen LogP contribution >= 0.6 is 11.6 Å². The molecule has 0 radical (unpaired) electrons. The van der Waals surface area contributed by atoms with E-state index in [1.54, 1.807) is 12.1 Å². The first-order valence-electron chi connectivity index (χ1n) is 8.08. The van der Waals surface area contributed by atoms with Gasteiger partial charge in [-0.2, -0.15) is 0 Å². The second-order valence-corrected chi connectivity index (χ2v) is 7.28. The third kappa shape index (κ3) is 4.89. The van der Waals surface area contributed by atoms with E-state index in [1.165, 1.54) is 6.07 Å². The summed E-state index contributed by atoms with van der Waals surface area (Å²) in [6, 6.07) is 10.6. The van der Waals surface area contributed by atoms with Crippen LogP contribution in [0.4, 0.5) is 0 Å². The Kier molecular flexibility index (Phi) is 5.96. The number of hydrogen-bond acceptors (Lipinski definition) is 3. The number of ether oxygens (including phenoxy) is 2. The molecule has 0 heterocycles. The van der Waals surface area contributed by atoms with Crippen LogP contribution in [-0.4, -0.2) is 24.3 Å². The van der Waals surface area contributed by atoms with Crippen molar-refractivity contribution >= 4 is 17.6 Å². The van der Waals surface area contributed by atoms with Gasteiger partial charge in [0.2, 0.25) is 0 Å². The molecule has 1 N–H and O–H groups in total. The van der Waals surface area contributed by atoms with Gasteiger partial charge in [0.1, 0.15) is 30.3 Å². The summed E-state index contributed by atoms with van der Waals surface area (Å²) in [7, 11) is 0. The molecule has 0 saturated heterocycles. The molecule has 0 aliphatic heterocycles. The molecule has 0 aliphatic carbocycles. The van der Waals surface area contributed by atoms with Gasteiger partial charge in [0.15, 0.2) is 0 Å². The van der Waals surface area contributed by atoms with Crippen molar-refractivity contribution in [2.75, 3.05) is 13.2 Å². The van der Waals surface area contributed by atoms with Gasteiger partial charge in [-0.15, -0.1) is 0 Å². The molecule has 4 nitrogen and oxygen atoms in total. The highest BCUT2D eigenvalue weighted by Gasteiger charge is 2.20. The number of hydrogen-bond donors (Lipinski definition) is 1. The summed E-state index contributed by atoms with van der Waals surface area (Å²) >= 11 is 5.84. The van der Waals surface area contributed by atoms with E-state index in [-0.39, 0.29) is 23.3 Å². The summed E-state index contributed by atoms with van der Waals surface area (Å²) < 4.78 is 11.5. The first-order valence-corrected chi connectivity index (χ1v) is 8.46. The smallest absolute Gasteiger partial charge is 0.339 e. The Balaban J connectivity index is 2.05. The Morgan fingerprint density at radius 1 is 1.12 bits per heavy atom. The standard InChI is InChI=1S/C20H23ClO4/c1-13-6-5-7-16(20(2,3)4)18(13)25-11-10-24-17-9-8-14(21)12-15(17)19(22)23/h5-9,12H,10-11H2,1-4H3,(H,22,23). The molecule has 134 valence electrons. The number of halogens is 1. The van der Waals surface area contributed by atoms with Gasteiger partial charge in [0, 0.05) is 5.02 Å². The number of aryl methyl sites for hydroxylation is 1. The molecular weight excluding hydrogens is 340 g/mol. The molecule has 25 heavy (non-hydrogen) atoms. The van der Waals surface area contributed by atoms with Crippen LogP contribution in [-0.2, 0) is 5.41 Å². The van der Waals surface area contributed by atoms with Crippen molar-refractivity contribution in [2.24, 2.45) is 0 Å². The molecule has 0 saturated carbocycles. The maximum atomic E-state index is 11.3. The highest BCUT2D eigenvalue weighted by atomic mass is 35.5. The van der Waals surface area contributed by atoms with Crippen molar-refractivity contribution in [1.82, 2.24) is 0 Å². The zero-order valence-electron chi connectivity index (χ0n) is 14.9. The predicted molar refractivity (Wildman–Crippen MR) is 99.3 cm³/mol. The molecule has 5 heteroatoms. The lowest BCUT2D eigenvalue weighted by molar-refractivity contribution is 0.0691. The Hall–Kier alpha value is -2.20. The van der Waals surface area contributed by atoms with Crippen LogP contribution in [0.25, 0.3) is 0 Å². The summed E-state index contributed by atoms with van der Waals surface area (Å²) in [5.74, 6) is 0.0573. The molecule has 0 aliphatic rings. The van der Waals surface area contributed by atoms with Gasteiger partial charge in [-0.3, -0.25) is 0 Å². The fourth-order valence-corrected chi connectivity index (χ4v) is 2.70. The number of benzene rings is 2. The van der Waals surface area contributed by atoms with Crippen LogP contribution < -0.4 is 9.47 Å². The number of carbonyl (C=O) groups is 1. The molecular formula is C20H23ClO4. The van der Waals surface area contributed by atoms with Crippen LogP contribution in [0.1, 0.15) is 42.3 Å². The van der Waals surface area contributed by atoms with Crippen LogP contribution in [0.15, 0.2) is 36.4 Å². The van der Waals surface area contributed by atoms with Gasteiger partial charge in [0.25, 0.3) is 0 Å². The minimum atomic E-state index is -1.08. The van der Waals surface area contributed by atoms with Gasteiger partial charge in [-0.1, -0.05) is 50.6 Å². The van der Waals surface area contributed by atoms with Gasteiger partial charge in [-0.05, 0) is 41.7 Å². The number of para-hydroxylation sites is 1. The Labute approximate surface area is 153 Å². The highest BCUT2D eigenvalue weighted by Crippen LogP contribution is 2.33. The van der Waals surface area contributed by atoms with E-state index in [0.29, 0.717) is 11.6 Å². The lowest BCUT2D eigenvalue weighted by atomic mass is 9.85. The monoisotopic (exact) mass is 362 g/mol. The predicted octanol–water partition coefficient (Wildman–Crippen LogP) is 5.10. The fourth-order valence-electron chi connectivity index (χ4n) is 2.53. The minimum Gasteiger partial charge on any atom is -0.489 e. The number of carboxylic acids is 1.